The number of hydrogen-bond acceptors (Lipinski definition) is 7. The predicted molar refractivity (Wildman–Crippen MR) is 138 cm³/mol. The van der Waals surface area contributed by atoms with E-state index in [4.69, 9.17) is 21.1 Å². The van der Waals surface area contributed by atoms with Crippen LogP contribution in [0.3, 0.4) is 0 Å². The number of halogens is 1. The highest BCUT2D eigenvalue weighted by atomic mass is 35.5. The van der Waals surface area contributed by atoms with Gasteiger partial charge in [-0.05, 0) is 55.3 Å². The van der Waals surface area contributed by atoms with Crippen molar-refractivity contribution in [1.29, 1.82) is 0 Å². The number of benzene rings is 1. The Bertz CT molecular complexity index is 1200. The zero-order chi connectivity index (χ0) is 25.3. The quantitative estimate of drug-likeness (QED) is 0.419. The molecule has 3 aromatic rings. The van der Waals surface area contributed by atoms with E-state index in [9.17, 15) is 9.59 Å². The van der Waals surface area contributed by atoms with Gasteiger partial charge in [-0.3, -0.25) is 14.5 Å². The molecule has 0 spiro atoms. The Morgan fingerprint density at radius 1 is 1.08 bits per heavy atom. The fraction of sp³-hybridized carbons (Fsp3) is 0.308. The van der Waals surface area contributed by atoms with Crippen molar-refractivity contribution < 1.29 is 19.1 Å². The molecule has 1 aliphatic rings. The van der Waals surface area contributed by atoms with Gasteiger partial charge in [-0.15, -0.1) is 0 Å². The van der Waals surface area contributed by atoms with Gasteiger partial charge in [0.1, 0.15) is 11.6 Å². The Balaban J connectivity index is 1.42. The monoisotopic (exact) mass is 509 g/mol. The Hall–Kier alpha value is -3.53. The maximum atomic E-state index is 13.2. The Kier molecular flexibility index (Phi) is 8.83. The molecule has 1 saturated heterocycles. The number of aryl methyl sites for hydroxylation is 1. The highest BCUT2D eigenvalue weighted by molar-refractivity contribution is 6.30. The summed E-state index contributed by atoms with van der Waals surface area (Å²) in [6, 6.07) is 11.9. The molecule has 0 aliphatic carbocycles. The molecule has 188 valence electrons. The van der Waals surface area contributed by atoms with Gasteiger partial charge < -0.3 is 20.1 Å². The van der Waals surface area contributed by atoms with Crippen molar-refractivity contribution in [3.63, 3.8) is 0 Å². The smallest absolute Gasteiger partial charge is 0.277 e. The lowest BCUT2D eigenvalue weighted by molar-refractivity contribution is 0.0357. The summed E-state index contributed by atoms with van der Waals surface area (Å²) in [7, 11) is 0. The summed E-state index contributed by atoms with van der Waals surface area (Å²) in [5.41, 5.74) is 1.68. The second-order valence-corrected chi connectivity index (χ2v) is 8.76. The third-order valence-electron chi connectivity index (χ3n) is 5.60. The lowest BCUT2D eigenvalue weighted by Gasteiger charge is -2.26. The third-order valence-corrected chi connectivity index (χ3v) is 5.83. The molecule has 0 bridgehead atoms. The molecule has 0 unspecified atom stereocenters. The van der Waals surface area contributed by atoms with Crippen LogP contribution in [0.1, 0.15) is 32.8 Å². The fourth-order valence-electron chi connectivity index (χ4n) is 3.73. The van der Waals surface area contributed by atoms with Crippen molar-refractivity contribution in [2.75, 3.05) is 50.1 Å². The maximum Gasteiger partial charge on any atom is 0.277 e. The number of carbonyl (C=O) groups excluding carboxylic acids is 2. The predicted octanol–water partition coefficient (Wildman–Crippen LogP) is 4.04. The summed E-state index contributed by atoms with van der Waals surface area (Å²) in [5, 5.41) is 5.91. The van der Waals surface area contributed by atoms with E-state index in [1.165, 1.54) is 12.4 Å². The Morgan fingerprint density at radius 3 is 2.69 bits per heavy atom. The van der Waals surface area contributed by atoms with E-state index in [0.717, 1.165) is 44.8 Å². The van der Waals surface area contributed by atoms with E-state index in [1.54, 1.807) is 30.3 Å². The van der Waals surface area contributed by atoms with Crippen molar-refractivity contribution in [2.45, 2.75) is 13.3 Å². The fourth-order valence-corrected chi connectivity index (χ4v) is 3.85. The van der Waals surface area contributed by atoms with Gasteiger partial charge in [0.25, 0.3) is 11.8 Å². The number of rotatable bonds is 9. The van der Waals surface area contributed by atoms with Gasteiger partial charge in [-0.1, -0.05) is 17.7 Å². The molecule has 0 saturated carbocycles. The average molecular weight is 510 g/mol. The molecule has 3 heterocycles. The minimum absolute atomic E-state index is 0.0580. The molecule has 1 fully saturated rings. The van der Waals surface area contributed by atoms with Crippen LogP contribution in [0.4, 0.5) is 11.5 Å². The number of nitrogens with zero attached hydrogens (tertiary/aromatic N) is 3. The van der Waals surface area contributed by atoms with Crippen LogP contribution in [0, 0.1) is 6.92 Å². The van der Waals surface area contributed by atoms with Gasteiger partial charge in [0.2, 0.25) is 0 Å². The zero-order valence-corrected chi connectivity index (χ0v) is 20.8. The third kappa shape index (κ3) is 7.00. The Morgan fingerprint density at radius 2 is 1.92 bits per heavy atom. The molecule has 1 aliphatic heterocycles. The molecule has 1 aromatic carbocycles. The van der Waals surface area contributed by atoms with Crippen LogP contribution in [-0.4, -0.2) is 66.1 Å². The molecular formula is C26H28ClN5O4. The van der Waals surface area contributed by atoms with E-state index < -0.39 is 11.8 Å². The first kappa shape index (κ1) is 25.6. The summed E-state index contributed by atoms with van der Waals surface area (Å²) >= 11 is 5.85. The van der Waals surface area contributed by atoms with Crippen molar-refractivity contribution in [2.24, 2.45) is 0 Å². The van der Waals surface area contributed by atoms with E-state index in [0.29, 0.717) is 28.8 Å². The minimum Gasteiger partial charge on any atom is -0.493 e. The molecule has 0 atom stereocenters. The molecule has 2 aromatic heterocycles. The largest absolute Gasteiger partial charge is 0.493 e. The standard InChI is InChI=1S/C26H28ClN5O4/c1-18-5-7-20(22(16-18)36-13-3-10-32-11-14-35-15-12-32)25(33)30-21-4-2-9-28-24(21)26(34)31-23-8-6-19(27)17-29-23/h2,4-9,16-17H,3,10-15H2,1H3,(H,30,33)(H,29,31,34). The van der Waals surface area contributed by atoms with Crippen LogP contribution in [0.25, 0.3) is 0 Å². The first-order chi connectivity index (χ1) is 17.5. The van der Waals surface area contributed by atoms with Gasteiger partial charge in [0.15, 0.2) is 5.69 Å². The van der Waals surface area contributed by atoms with Crippen LogP contribution < -0.4 is 15.4 Å². The summed E-state index contributed by atoms with van der Waals surface area (Å²) in [6.07, 6.45) is 3.74. The zero-order valence-electron chi connectivity index (χ0n) is 20.0. The maximum absolute atomic E-state index is 13.2. The molecular weight excluding hydrogens is 482 g/mol. The highest BCUT2D eigenvalue weighted by Gasteiger charge is 2.19. The van der Waals surface area contributed by atoms with Gasteiger partial charge in [-0.25, -0.2) is 9.97 Å². The number of aromatic nitrogens is 2. The molecule has 36 heavy (non-hydrogen) atoms. The second kappa shape index (κ2) is 12.4. The van der Waals surface area contributed by atoms with Gasteiger partial charge >= 0.3 is 0 Å². The van der Waals surface area contributed by atoms with Crippen LogP contribution in [0.15, 0.2) is 54.9 Å². The highest BCUT2D eigenvalue weighted by Crippen LogP contribution is 2.23. The summed E-state index contributed by atoms with van der Waals surface area (Å²) in [6.45, 7) is 6.70. The molecule has 9 nitrogen and oxygen atoms in total. The number of ether oxygens (including phenoxy) is 2. The number of hydrogen-bond donors (Lipinski definition) is 2. The molecule has 4 rings (SSSR count). The van der Waals surface area contributed by atoms with Crippen molar-refractivity contribution in [3.8, 4) is 5.75 Å². The summed E-state index contributed by atoms with van der Waals surface area (Å²) < 4.78 is 11.4. The number of anilines is 2. The summed E-state index contributed by atoms with van der Waals surface area (Å²) in [5.74, 6) is -0.0950. The molecule has 2 N–H and O–H groups in total. The SMILES string of the molecule is Cc1ccc(C(=O)Nc2cccnc2C(=O)Nc2ccc(Cl)cn2)c(OCCCN2CCOCC2)c1. The van der Waals surface area contributed by atoms with Crippen LogP contribution >= 0.6 is 11.6 Å². The topological polar surface area (TPSA) is 106 Å². The number of carbonyl (C=O) groups is 2. The van der Waals surface area contributed by atoms with Gasteiger partial charge in [0.05, 0.1) is 36.1 Å². The van der Waals surface area contributed by atoms with E-state index in [2.05, 4.69) is 25.5 Å². The van der Waals surface area contributed by atoms with Crippen molar-refractivity contribution >= 4 is 34.9 Å². The average Bonchev–Trinajstić information content (AvgIpc) is 2.89. The van der Waals surface area contributed by atoms with Gasteiger partial charge in [0, 0.05) is 32.0 Å². The van der Waals surface area contributed by atoms with Gasteiger partial charge in [-0.2, -0.15) is 0 Å². The first-order valence-corrected chi connectivity index (χ1v) is 12.1. The lowest BCUT2D eigenvalue weighted by Crippen LogP contribution is -2.37. The Labute approximate surface area is 214 Å². The number of pyridine rings is 2. The van der Waals surface area contributed by atoms with Crippen molar-refractivity contribution in [3.05, 3.63) is 76.7 Å². The number of morpholine rings is 1. The van der Waals surface area contributed by atoms with E-state index in [-0.39, 0.29) is 11.4 Å². The van der Waals surface area contributed by atoms with E-state index in [1.807, 2.05) is 19.1 Å². The number of amides is 2. The molecule has 0 radical (unpaired) electrons. The second-order valence-electron chi connectivity index (χ2n) is 8.33. The van der Waals surface area contributed by atoms with Crippen LogP contribution in [0.2, 0.25) is 5.02 Å². The summed E-state index contributed by atoms with van der Waals surface area (Å²) in [4.78, 5) is 36.6. The van der Waals surface area contributed by atoms with Crippen LogP contribution in [-0.2, 0) is 4.74 Å². The normalized spacial score (nSPS) is 13.7. The van der Waals surface area contributed by atoms with E-state index >= 15 is 0 Å². The lowest BCUT2D eigenvalue weighted by atomic mass is 10.1. The minimum atomic E-state index is -0.510. The molecule has 10 heteroatoms. The van der Waals surface area contributed by atoms with Crippen LogP contribution in [0.5, 0.6) is 5.75 Å². The molecule has 2 amide bonds. The number of nitrogens with one attached hydrogen (secondary N) is 2. The van der Waals surface area contributed by atoms with Crippen molar-refractivity contribution in [1.82, 2.24) is 14.9 Å². The first-order valence-electron chi connectivity index (χ1n) is 11.7.